The van der Waals surface area contributed by atoms with Crippen molar-refractivity contribution in [3.05, 3.63) is 57.8 Å². The van der Waals surface area contributed by atoms with Crippen LogP contribution in [0, 0.1) is 19.8 Å². The van der Waals surface area contributed by atoms with Crippen LogP contribution in [0.4, 0.5) is 13.2 Å². The highest BCUT2D eigenvalue weighted by Gasteiger charge is 2.62. The van der Waals surface area contributed by atoms with E-state index in [1.165, 1.54) is 29.4 Å². The van der Waals surface area contributed by atoms with E-state index in [2.05, 4.69) is 20.3 Å². The summed E-state index contributed by atoms with van der Waals surface area (Å²) in [7, 11) is -2.53. The number of carbonyl (C=O) groups is 4. The number of amides is 4. The van der Waals surface area contributed by atoms with Crippen molar-refractivity contribution in [1.82, 2.24) is 25.2 Å². The van der Waals surface area contributed by atoms with E-state index >= 15 is 0 Å². The van der Waals surface area contributed by atoms with E-state index in [4.69, 9.17) is 14.2 Å². The Morgan fingerprint density at radius 2 is 1.85 bits per heavy atom. The summed E-state index contributed by atoms with van der Waals surface area (Å²) in [6.45, 7) is 1.73. The van der Waals surface area contributed by atoms with Gasteiger partial charge in [0.25, 0.3) is 11.8 Å². The van der Waals surface area contributed by atoms with Crippen molar-refractivity contribution in [3.8, 4) is 17.4 Å². The van der Waals surface area contributed by atoms with Gasteiger partial charge in [0, 0.05) is 34.2 Å². The molecule has 0 radical (unpaired) electrons. The van der Waals surface area contributed by atoms with Crippen LogP contribution in [0.15, 0.2) is 42.5 Å². The molecule has 2 aromatic heterocycles. The second-order valence-electron chi connectivity index (χ2n) is 15.6. The van der Waals surface area contributed by atoms with Gasteiger partial charge in [-0.1, -0.05) is 25.0 Å². The van der Waals surface area contributed by atoms with Crippen LogP contribution in [0.5, 0.6) is 17.4 Å². The first-order valence-corrected chi connectivity index (χ1v) is 21.9. The molecule has 0 bridgehead atoms. The maximum absolute atomic E-state index is 14.7. The molecule has 5 atom stereocenters. The Balaban J connectivity index is 1.23. The highest BCUT2D eigenvalue weighted by Crippen LogP contribution is 2.46. The number of rotatable bonds is 10. The Morgan fingerprint density at radius 3 is 2.54 bits per heavy atom. The maximum atomic E-state index is 14.7. The number of carbonyl (C=O) groups excluding carboxylic acids is 4. The Kier molecular flexibility index (Phi) is 11.9. The van der Waals surface area contributed by atoms with Gasteiger partial charge in [0.15, 0.2) is 6.61 Å². The first-order chi connectivity index (χ1) is 28.0. The topological polar surface area (TPSA) is 182 Å². The monoisotopic (exact) mass is 861 g/mol. The van der Waals surface area contributed by atoms with Crippen LogP contribution in [0.3, 0.4) is 0 Å². The van der Waals surface area contributed by atoms with Crippen molar-refractivity contribution in [1.29, 1.82) is 0 Å². The fourth-order valence-corrected chi connectivity index (χ4v) is 9.85. The lowest BCUT2D eigenvalue weighted by Gasteiger charge is -2.29. The zero-order valence-electron chi connectivity index (χ0n) is 32.7. The van der Waals surface area contributed by atoms with E-state index in [1.54, 1.807) is 31.2 Å². The first-order valence-electron chi connectivity index (χ1n) is 19.5. The molecule has 1 saturated heterocycles. The molecule has 0 unspecified atom stereocenters. The number of aryl methyl sites for hydroxylation is 2. The molecule has 7 rings (SSSR count). The zero-order chi connectivity index (χ0) is 42.3. The molecule has 1 aromatic carbocycles. The van der Waals surface area contributed by atoms with E-state index < -0.39 is 81.3 Å². The van der Waals surface area contributed by atoms with E-state index in [0.717, 1.165) is 11.3 Å². The van der Waals surface area contributed by atoms with E-state index in [1.807, 2.05) is 19.1 Å². The minimum absolute atomic E-state index is 0.0740. The summed E-state index contributed by atoms with van der Waals surface area (Å²) in [4.78, 5) is 63.3. The van der Waals surface area contributed by atoms with Crippen LogP contribution in [-0.2, 0) is 24.4 Å². The number of hydrogen-bond donors (Lipinski definition) is 3. The van der Waals surface area contributed by atoms with Gasteiger partial charge in [0.05, 0.1) is 29.3 Å². The second kappa shape index (κ2) is 16.6. The summed E-state index contributed by atoms with van der Waals surface area (Å²) in [5.74, 6) is -3.02. The minimum Gasteiger partial charge on any atom is -0.496 e. The van der Waals surface area contributed by atoms with Crippen molar-refractivity contribution >= 4 is 55.9 Å². The van der Waals surface area contributed by atoms with Gasteiger partial charge >= 0.3 is 6.18 Å². The first kappa shape index (κ1) is 42.2. The number of fused-ring (bicyclic) bond motifs is 3. The predicted molar refractivity (Wildman–Crippen MR) is 211 cm³/mol. The molecule has 4 aliphatic rings. The van der Waals surface area contributed by atoms with Crippen molar-refractivity contribution in [2.75, 3.05) is 20.3 Å². The van der Waals surface area contributed by atoms with E-state index in [9.17, 15) is 40.8 Å². The molecule has 4 amide bonds. The van der Waals surface area contributed by atoms with Crippen LogP contribution < -0.4 is 29.6 Å². The number of nitrogens with one attached hydrogen (secondary N) is 3. The molecule has 2 aliphatic heterocycles. The Hall–Kier alpha value is -4.91. The lowest BCUT2D eigenvalue weighted by atomic mass is 10.0. The number of alkyl halides is 3. The van der Waals surface area contributed by atoms with Gasteiger partial charge in [-0.2, -0.15) is 13.2 Å². The molecule has 59 heavy (non-hydrogen) atoms. The lowest BCUT2D eigenvalue weighted by Crippen LogP contribution is -2.58. The van der Waals surface area contributed by atoms with Crippen LogP contribution >= 0.6 is 11.3 Å². The number of aromatic nitrogens is 1. The largest absolute Gasteiger partial charge is 0.496 e. The van der Waals surface area contributed by atoms with Gasteiger partial charge < -0.3 is 29.7 Å². The van der Waals surface area contributed by atoms with Gasteiger partial charge in [-0.25, -0.2) is 13.4 Å². The average Bonchev–Trinajstić information content (AvgIpc) is 4.07. The molecule has 2 aliphatic carbocycles. The summed E-state index contributed by atoms with van der Waals surface area (Å²) in [5.41, 5.74) is -0.855. The summed E-state index contributed by atoms with van der Waals surface area (Å²) in [6.07, 6.45) is 1.91. The van der Waals surface area contributed by atoms with Crippen LogP contribution in [-0.4, -0.2) is 97.3 Å². The van der Waals surface area contributed by atoms with Gasteiger partial charge in [0.2, 0.25) is 27.7 Å². The van der Waals surface area contributed by atoms with Crippen LogP contribution in [0.1, 0.15) is 77.9 Å². The van der Waals surface area contributed by atoms with Gasteiger partial charge in [-0.05, 0) is 76.6 Å². The number of halogens is 3. The number of pyridine rings is 1. The fourth-order valence-electron chi connectivity index (χ4n) is 7.72. The Morgan fingerprint density at radius 1 is 1.07 bits per heavy atom. The lowest BCUT2D eigenvalue weighted by molar-refractivity contribution is -0.154. The molecule has 3 aromatic rings. The number of thiophene rings is 1. The summed E-state index contributed by atoms with van der Waals surface area (Å²) in [6, 6.07) is 5.64. The highest BCUT2D eigenvalue weighted by atomic mass is 32.2. The molecule has 3 fully saturated rings. The minimum atomic E-state index is -4.66. The summed E-state index contributed by atoms with van der Waals surface area (Å²) >= 11 is 1.27. The number of benzene rings is 1. The third kappa shape index (κ3) is 9.45. The van der Waals surface area contributed by atoms with E-state index in [0.29, 0.717) is 53.7 Å². The highest BCUT2D eigenvalue weighted by molar-refractivity contribution is 7.91. The molecular weight excluding hydrogens is 816 g/mol. The van der Waals surface area contributed by atoms with Crippen molar-refractivity contribution in [2.45, 2.75) is 107 Å². The Bertz CT molecular complexity index is 2280. The Labute approximate surface area is 343 Å². The summed E-state index contributed by atoms with van der Waals surface area (Å²) in [5, 5.41) is 5.41. The molecule has 3 N–H and O–H groups in total. The summed E-state index contributed by atoms with van der Waals surface area (Å²) < 4.78 is 84.6. The SMILES string of the molecule is COc1ccc2c(O[C@@H]3C[C@H]4C(=O)N[C@]5(C(=O)NS(=O)(=O)C6CC6)C[C@H]5C=CCCCCC[C@H](NC(=O)c5ccc(C)s5)C(=O)N4C3)cc(OCC(F)(F)F)nc2c1C. The van der Waals surface area contributed by atoms with E-state index in [-0.39, 0.29) is 43.0 Å². The number of sulfonamides is 1. The van der Waals surface area contributed by atoms with Crippen molar-refractivity contribution in [3.63, 3.8) is 0 Å². The molecule has 2 saturated carbocycles. The number of nitrogens with zero attached hydrogens (tertiary/aromatic N) is 2. The number of ether oxygens (including phenoxy) is 3. The number of methoxy groups -OCH3 is 1. The third-order valence-electron chi connectivity index (χ3n) is 11.1. The zero-order valence-corrected chi connectivity index (χ0v) is 34.4. The predicted octanol–water partition coefficient (Wildman–Crippen LogP) is 5.01. The maximum Gasteiger partial charge on any atom is 0.422 e. The van der Waals surface area contributed by atoms with Crippen molar-refractivity contribution in [2.24, 2.45) is 5.92 Å². The average molecular weight is 862 g/mol. The van der Waals surface area contributed by atoms with Crippen LogP contribution in [0.2, 0.25) is 0 Å². The molecule has 0 spiro atoms. The normalized spacial score (nSPS) is 25.2. The second-order valence-corrected chi connectivity index (χ2v) is 18.8. The van der Waals surface area contributed by atoms with Gasteiger partial charge in [0.1, 0.15) is 35.2 Å². The molecule has 318 valence electrons. The smallest absolute Gasteiger partial charge is 0.422 e. The number of allylic oxidation sites excluding steroid dienone is 1. The standard InChI is InChI=1S/C40H46F3N5O9S2/c1-22-11-16-32(58-22)36(50)44-28-10-8-6-4-5-7-9-24-19-39(24,38(52)47-59(53,54)26-12-13-26)46-35(49)29-17-25(20-48(29)37(28)51)57-31-18-33(56-21-40(41,42)43)45-34-23(2)30(55-3)15-14-27(31)34/h7,9,11,14-16,18,24-26,28-29H,4-6,8,10,12-13,17,19-21H2,1-3H3,(H,44,50)(H,46,49)(H,47,52)/t24-,25-,28+,29+,39-/m1/s1. The van der Waals surface area contributed by atoms with Crippen molar-refractivity contribution < 1.29 is 55.0 Å². The molecule has 14 nitrogen and oxygen atoms in total. The molecule has 19 heteroatoms. The fraction of sp³-hybridized carbons (Fsp3) is 0.525. The van der Waals surface area contributed by atoms with Gasteiger partial charge in [-0.3, -0.25) is 23.9 Å². The molecule has 4 heterocycles. The van der Waals surface area contributed by atoms with Gasteiger partial charge in [-0.15, -0.1) is 11.3 Å². The molecular formula is C40H46F3N5O9S2. The third-order valence-corrected chi connectivity index (χ3v) is 14.0. The number of hydrogen-bond acceptors (Lipinski definition) is 11. The quantitative estimate of drug-likeness (QED) is 0.235. The van der Waals surface area contributed by atoms with Crippen LogP contribution in [0.25, 0.3) is 10.9 Å².